The molecular formula is C26H30Cl2N4O4. The van der Waals surface area contributed by atoms with Gasteiger partial charge in [0, 0.05) is 17.1 Å². The highest BCUT2D eigenvalue weighted by atomic mass is 35.5. The Morgan fingerprint density at radius 1 is 1.19 bits per heavy atom. The van der Waals surface area contributed by atoms with Crippen LogP contribution in [0.15, 0.2) is 40.9 Å². The first-order chi connectivity index (χ1) is 17.4. The molecule has 2 unspecified atom stereocenters. The Balaban J connectivity index is 1.38. The van der Waals surface area contributed by atoms with Crippen LogP contribution in [0.3, 0.4) is 0 Å². The average molecular weight is 533 g/mol. The number of benzene rings is 2. The van der Waals surface area contributed by atoms with E-state index in [-0.39, 0.29) is 17.9 Å². The molecule has 192 valence electrons. The summed E-state index contributed by atoms with van der Waals surface area (Å²) in [6.07, 6.45) is 2.51. The van der Waals surface area contributed by atoms with Gasteiger partial charge < -0.3 is 19.3 Å². The van der Waals surface area contributed by atoms with E-state index in [1.54, 1.807) is 32.4 Å². The third-order valence-electron chi connectivity index (χ3n) is 6.41. The molecule has 2 atom stereocenters. The molecule has 8 nitrogen and oxygen atoms in total. The Morgan fingerprint density at radius 3 is 2.72 bits per heavy atom. The third kappa shape index (κ3) is 6.11. The normalized spacial score (nSPS) is 17.0. The Labute approximate surface area is 220 Å². The highest BCUT2D eigenvalue weighted by Crippen LogP contribution is 2.32. The molecule has 0 radical (unpaired) electrons. The van der Waals surface area contributed by atoms with E-state index in [0.717, 1.165) is 31.4 Å². The number of hydrogen-bond acceptors (Lipinski definition) is 7. The molecule has 0 aliphatic carbocycles. The van der Waals surface area contributed by atoms with Crippen molar-refractivity contribution in [1.29, 1.82) is 0 Å². The largest absolute Gasteiger partial charge is 0.493 e. The van der Waals surface area contributed by atoms with Gasteiger partial charge in [-0.3, -0.25) is 9.69 Å². The molecule has 1 saturated heterocycles. The average Bonchev–Trinajstić information content (AvgIpc) is 3.34. The number of piperidine rings is 1. The number of likely N-dealkylation sites (tertiary alicyclic amines) is 1. The summed E-state index contributed by atoms with van der Waals surface area (Å²) in [7, 11) is 3.21. The molecule has 36 heavy (non-hydrogen) atoms. The number of nitrogens with one attached hydrogen (secondary N) is 1. The van der Waals surface area contributed by atoms with Crippen molar-refractivity contribution in [2.24, 2.45) is 5.92 Å². The monoisotopic (exact) mass is 532 g/mol. The number of nitrogens with zero attached hydrogens (tertiary/aromatic N) is 3. The van der Waals surface area contributed by atoms with Crippen molar-refractivity contribution in [3.05, 3.63) is 57.9 Å². The lowest BCUT2D eigenvalue weighted by Crippen LogP contribution is -2.43. The Kier molecular flexibility index (Phi) is 8.72. The van der Waals surface area contributed by atoms with E-state index < -0.39 is 0 Å². The molecule has 1 N–H and O–H groups in total. The predicted molar refractivity (Wildman–Crippen MR) is 138 cm³/mol. The quantitative estimate of drug-likeness (QED) is 0.386. The number of carbonyl (C=O) groups is 1. The van der Waals surface area contributed by atoms with Gasteiger partial charge in [0.25, 0.3) is 0 Å². The summed E-state index contributed by atoms with van der Waals surface area (Å²) in [5.41, 5.74) is 1.64. The standard InChI is InChI=1S/C26H30Cl2N4O4/c1-4-21(16-7-10-22(34-2)23(12-16)35-3)29-26(33)17-6-5-11-32(14-17)15-24-30-25(31-36-24)19-9-8-18(27)13-20(19)28/h7-10,12-13,17,21H,4-6,11,14-15H2,1-3H3,(H,29,33). The van der Waals surface area contributed by atoms with Crippen molar-refractivity contribution in [3.8, 4) is 22.9 Å². The van der Waals surface area contributed by atoms with Crippen molar-refractivity contribution in [2.75, 3.05) is 27.3 Å². The number of amides is 1. The van der Waals surface area contributed by atoms with E-state index in [9.17, 15) is 4.79 Å². The number of aromatic nitrogens is 2. The van der Waals surface area contributed by atoms with Gasteiger partial charge in [-0.1, -0.05) is 41.3 Å². The van der Waals surface area contributed by atoms with Crippen LogP contribution < -0.4 is 14.8 Å². The number of halogens is 2. The number of hydrogen-bond donors (Lipinski definition) is 1. The first-order valence-electron chi connectivity index (χ1n) is 11.9. The van der Waals surface area contributed by atoms with E-state index >= 15 is 0 Å². The summed E-state index contributed by atoms with van der Waals surface area (Å²) in [6, 6.07) is 10.8. The molecule has 1 aliphatic rings. The lowest BCUT2D eigenvalue weighted by Gasteiger charge is -2.32. The van der Waals surface area contributed by atoms with Crippen LogP contribution in [0.1, 0.15) is 43.7 Å². The van der Waals surface area contributed by atoms with Gasteiger partial charge in [-0.2, -0.15) is 4.98 Å². The second-order valence-electron chi connectivity index (χ2n) is 8.79. The second-order valence-corrected chi connectivity index (χ2v) is 9.64. The van der Waals surface area contributed by atoms with Crippen LogP contribution in [-0.4, -0.2) is 48.3 Å². The van der Waals surface area contributed by atoms with Crippen molar-refractivity contribution >= 4 is 29.1 Å². The summed E-state index contributed by atoms with van der Waals surface area (Å²) in [4.78, 5) is 19.9. The molecule has 0 saturated carbocycles. The van der Waals surface area contributed by atoms with Crippen molar-refractivity contribution < 1.29 is 18.8 Å². The van der Waals surface area contributed by atoms with Crippen LogP contribution in [0.5, 0.6) is 11.5 Å². The Morgan fingerprint density at radius 2 is 2.00 bits per heavy atom. The topological polar surface area (TPSA) is 89.7 Å². The number of carbonyl (C=O) groups excluding carboxylic acids is 1. The zero-order valence-electron chi connectivity index (χ0n) is 20.6. The molecule has 0 bridgehead atoms. The van der Waals surface area contributed by atoms with Gasteiger partial charge in [0.2, 0.25) is 17.6 Å². The minimum atomic E-state index is -0.124. The van der Waals surface area contributed by atoms with E-state index in [0.29, 0.717) is 51.9 Å². The van der Waals surface area contributed by atoms with Crippen LogP contribution in [0, 0.1) is 5.92 Å². The van der Waals surface area contributed by atoms with Gasteiger partial charge in [0.1, 0.15) is 0 Å². The summed E-state index contributed by atoms with van der Waals surface area (Å²) in [5, 5.41) is 8.30. The molecule has 2 aromatic carbocycles. The number of methoxy groups -OCH3 is 2. The SMILES string of the molecule is CCC(NC(=O)C1CCCN(Cc2nc(-c3ccc(Cl)cc3Cl)no2)C1)c1ccc(OC)c(OC)c1. The molecule has 2 heterocycles. The molecular weight excluding hydrogens is 503 g/mol. The van der Waals surface area contributed by atoms with Gasteiger partial charge in [-0.05, 0) is 61.7 Å². The maximum atomic E-state index is 13.2. The minimum absolute atomic E-state index is 0.0421. The van der Waals surface area contributed by atoms with Gasteiger partial charge in [0.05, 0.1) is 37.7 Å². The van der Waals surface area contributed by atoms with Gasteiger partial charge in [-0.25, -0.2) is 0 Å². The van der Waals surface area contributed by atoms with Crippen molar-refractivity contribution in [1.82, 2.24) is 20.4 Å². The highest BCUT2D eigenvalue weighted by molar-refractivity contribution is 6.36. The summed E-state index contributed by atoms with van der Waals surface area (Å²) in [5.74, 6) is 2.12. The van der Waals surface area contributed by atoms with Crippen LogP contribution in [-0.2, 0) is 11.3 Å². The van der Waals surface area contributed by atoms with Gasteiger partial charge in [-0.15, -0.1) is 0 Å². The summed E-state index contributed by atoms with van der Waals surface area (Å²) < 4.78 is 16.2. The molecule has 10 heteroatoms. The number of ether oxygens (including phenoxy) is 2. The first kappa shape index (κ1) is 26.3. The first-order valence-corrected chi connectivity index (χ1v) is 12.7. The Hall–Kier alpha value is -2.81. The van der Waals surface area contributed by atoms with Crippen LogP contribution in [0.4, 0.5) is 0 Å². The fraction of sp³-hybridized carbons (Fsp3) is 0.423. The summed E-state index contributed by atoms with van der Waals surface area (Å²) in [6.45, 7) is 3.99. The second kappa shape index (κ2) is 12.0. The van der Waals surface area contributed by atoms with E-state index in [2.05, 4.69) is 27.3 Å². The molecule has 1 amide bonds. The Bertz CT molecular complexity index is 1200. The molecule has 3 aromatic rings. The minimum Gasteiger partial charge on any atom is -0.493 e. The smallest absolute Gasteiger partial charge is 0.241 e. The number of rotatable bonds is 9. The molecule has 1 fully saturated rings. The fourth-order valence-corrected chi connectivity index (χ4v) is 4.98. The molecule has 0 spiro atoms. The van der Waals surface area contributed by atoms with Gasteiger partial charge >= 0.3 is 0 Å². The maximum Gasteiger partial charge on any atom is 0.241 e. The van der Waals surface area contributed by atoms with E-state index in [1.807, 2.05) is 18.2 Å². The predicted octanol–water partition coefficient (Wildman–Crippen LogP) is 5.54. The van der Waals surface area contributed by atoms with Crippen LogP contribution in [0.2, 0.25) is 10.0 Å². The fourth-order valence-electron chi connectivity index (χ4n) is 4.48. The molecule has 4 rings (SSSR count). The third-order valence-corrected chi connectivity index (χ3v) is 6.96. The van der Waals surface area contributed by atoms with E-state index in [4.69, 9.17) is 37.2 Å². The lowest BCUT2D eigenvalue weighted by atomic mass is 9.95. The zero-order chi connectivity index (χ0) is 25.7. The van der Waals surface area contributed by atoms with Crippen LogP contribution >= 0.6 is 23.2 Å². The lowest BCUT2D eigenvalue weighted by molar-refractivity contribution is -0.127. The van der Waals surface area contributed by atoms with Crippen molar-refractivity contribution in [2.45, 2.75) is 38.8 Å². The van der Waals surface area contributed by atoms with Crippen LogP contribution in [0.25, 0.3) is 11.4 Å². The molecule has 1 aromatic heterocycles. The molecule has 1 aliphatic heterocycles. The van der Waals surface area contributed by atoms with Gasteiger partial charge in [0.15, 0.2) is 11.5 Å². The van der Waals surface area contributed by atoms with Crippen molar-refractivity contribution in [3.63, 3.8) is 0 Å². The van der Waals surface area contributed by atoms with E-state index in [1.165, 1.54) is 0 Å². The summed E-state index contributed by atoms with van der Waals surface area (Å²) >= 11 is 12.3. The maximum absolute atomic E-state index is 13.2. The highest BCUT2D eigenvalue weighted by Gasteiger charge is 2.28. The zero-order valence-corrected chi connectivity index (χ0v) is 22.1.